The molecule has 0 amide bonds. The van der Waals surface area contributed by atoms with E-state index in [0.717, 1.165) is 0 Å². The summed E-state index contributed by atoms with van der Waals surface area (Å²) in [5, 5.41) is 0. The first-order chi connectivity index (χ1) is 8.24. The molecular formula is C19H44. The molecule has 19 heavy (non-hydrogen) atoms. The highest BCUT2D eigenvalue weighted by atomic mass is 14.2. The molecule has 0 heterocycles. The molecular weight excluding hydrogens is 228 g/mol. The maximum atomic E-state index is 2.35. The van der Waals surface area contributed by atoms with Crippen LogP contribution in [0.15, 0.2) is 0 Å². The molecule has 0 unspecified atom stereocenters. The van der Waals surface area contributed by atoms with Gasteiger partial charge in [0.2, 0.25) is 0 Å². The molecule has 0 spiro atoms. The molecule has 0 radical (unpaired) electrons. The van der Waals surface area contributed by atoms with Gasteiger partial charge in [0.05, 0.1) is 0 Å². The second-order valence-corrected chi connectivity index (χ2v) is 8.79. The fourth-order valence-electron chi connectivity index (χ4n) is 0.750. The van der Waals surface area contributed by atoms with Crippen molar-refractivity contribution < 1.29 is 0 Å². The fraction of sp³-hybridized carbons (Fsp3) is 1.00. The lowest BCUT2D eigenvalue weighted by Crippen LogP contribution is -2.10. The lowest BCUT2D eigenvalue weighted by Gasteiger charge is -2.23. The van der Waals surface area contributed by atoms with Crippen LogP contribution in [0.3, 0.4) is 0 Å². The van der Waals surface area contributed by atoms with Gasteiger partial charge in [0, 0.05) is 0 Å². The number of hydrogen-bond donors (Lipinski definition) is 0. The molecule has 0 aliphatic rings. The SMILES string of the molecule is CC(C)(C)C.CCC(C)(C)C.CCC(C)(CC)CC. The third-order valence-electron chi connectivity index (χ3n) is 3.62. The highest BCUT2D eigenvalue weighted by Crippen LogP contribution is 2.28. The van der Waals surface area contributed by atoms with Crippen LogP contribution in [0.25, 0.3) is 0 Å². The first-order valence-electron chi connectivity index (χ1n) is 8.24. The zero-order valence-corrected chi connectivity index (χ0v) is 16.3. The topological polar surface area (TPSA) is 0 Å². The van der Waals surface area contributed by atoms with Crippen LogP contribution in [0.5, 0.6) is 0 Å². The summed E-state index contributed by atoms with van der Waals surface area (Å²) in [6.45, 7) is 26.9. The fourth-order valence-corrected chi connectivity index (χ4v) is 0.750. The lowest BCUT2D eigenvalue weighted by atomic mass is 9.82. The molecule has 0 nitrogen and oxygen atoms in total. The largest absolute Gasteiger partial charge is 0.0649 e. The van der Waals surface area contributed by atoms with Gasteiger partial charge < -0.3 is 0 Å². The van der Waals surface area contributed by atoms with E-state index in [1.807, 2.05) is 0 Å². The van der Waals surface area contributed by atoms with Crippen molar-refractivity contribution in [3.05, 3.63) is 0 Å². The van der Waals surface area contributed by atoms with Crippen molar-refractivity contribution in [3.8, 4) is 0 Å². The van der Waals surface area contributed by atoms with Gasteiger partial charge in [0.15, 0.2) is 0 Å². The summed E-state index contributed by atoms with van der Waals surface area (Å²) >= 11 is 0. The third-order valence-corrected chi connectivity index (χ3v) is 3.62. The minimum atomic E-state index is 0.500. The molecule has 0 saturated heterocycles. The van der Waals surface area contributed by atoms with Gasteiger partial charge in [-0.15, -0.1) is 0 Å². The van der Waals surface area contributed by atoms with E-state index in [2.05, 4.69) is 83.1 Å². The molecule has 0 N–H and O–H groups in total. The van der Waals surface area contributed by atoms with Gasteiger partial charge in [-0.1, -0.05) is 109 Å². The minimum absolute atomic E-state index is 0.500. The summed E-state index contributed by atoms with van der Waals surface area (Å²) in [6.07, 6.45) is 5.23. The lowest BCUT2D eigenvalue weighted by molar-refractivity contribution is 0.286. The van der Waals surface area contributed by atoms with Crippen molar-refractivity contribution in [1.82, 2.24) is 0 Å². The monoisotopic (exact) mass is 272 g/mol. The minimum Gasteiger partial charge on any atom is -0.0649 e. The van der Waals surface area contributed by atoms with Crippen LogP contribution < -0.4 is 0 Å². The molecule has 0 fully saturated rings. The van der Waals surface area contributed by atoms with E-state index in [1.165, 1.54) is 25.7 Å². The van der Waals surface area contributed by atoms with Crippen molar-refractivity contribution in [2.75, 3.05) is 0 Å². The maximum Gasteiger partial charge on any atom is -0.0334 e. The Balaban J connectivity index is -0.000000209. The molecule has 0 bridgehead atoms. The van der Waals surface area contributed by atoms with Crippen molar-refractivity contribution in [2.45, 2.75) is 109 Å². The zero-order valence-electron chi connectivity index (χ0n) is 16.3. The standard InChI is InChI=1S/C8H18.C6H14.C5H12/c1-5-8(4,6-2)7-3;1-5-6(2,3)4;1-5(2,3)4/h5-7H2,1-4H3;5H2,1-4H3;1-4H3. The average molecular weight is 273 g/mol. The van der Waals surface area contributed by atoms with E-state index in [4.69, 9.17) is 0 Å². The van der Waals surface area contributed by atoms with E-state index in [0.29, 0.717) is 16.2 Å². The second-order valence-electron chi connectivity index (χ2n) is 8.79. The van der Waals surface area contributed by atoms with Crippen molar-refractivity contribution in [2.24, 2.45) is 16.2 Å². The Hall–Kier alpha value is 0. The molecule has 0 aliphatic heterocycles. The smallest absolute Gasteiger partial charge is 0.0334 e. The van der Waals surface area contributed by atoms with Crippen LogP contribution in [0, 0.1) is 16.2 Å². The Bertz CT molecular complexity index is 157. The molecule has 120 valence electrons. The molecule has 0 saturated carbocycles. The molecule has 0 heteroatoms. The van der Waals surface area contributed by atoms with Gasteiger partial charge in [-0.3, -0.25) is 0 Å². The number of hydrogen-bond acceptors (Lipinski definition) is 0. The van der Waals surface area contributed by atoms with Crippen LogP contribution in [0.2, 0.25) is 0 Å². The van der Waals surface area contributed by atoms with E-state index < -0.39 is 0 Å². The van der Waals surface area contributed by atoms with Gasteiger partial charge in [-0.05, 0) is 16.2 Å². The quantitative estimate of drug-likeness (QED) is 0.493. The first-order valence-corrected chi connectivity index (χ1v) is 8.24. The number of rotatable bonds is 3. The summed E-state index contributed by atoms with van der Waals surface area (Å²) in [6, 6.07) is 0. The first kappa shape index (κ1) is 24.0. The zero-order chi connectivity index (χ0) is 16.3. The van der Waals surface area contributed by atoms with Gasteiger partial charge in [0.25, 0.3) is 0 Å². The van der Waals surface area contributed by atoms with Gasteiger partial charge >= 0.3 is 0 Å². The summed E-state index contributed by atoms with van der Waals surface area (Å²) in [5.41, 5.74) is 1.67. The predicted molar refractivity (Wildman–Crippen MR) is 93.9 cm³/mol. The summed E-state index contributed by atoms with van der Waals surface area (Å²) in [5.74, 6) is 0. The van der Waals surface area contributed by atoms with E-state index in [1.54, 1.807) is 0 Å². The normalized spacial score (nSPS) is 12.0. The Morgan fingerprint density at radius 3 is 0.632 bits per heavy atom. The molecule has 0 aliphatic carbocycles. The third kappa shape index (κ3) is 32.0. The summed E-state index contributed by atoms with van der Waals surface area (Å²) in [7, 11) is 0. The van der Waals surface area contributed by atoms with Crippen LogP contribution in [0.1, 0.15) is 109 Å². The molecule has 0 rings (SSSR count). The predicted octanol–water partition coefficient (Wildman–Crippen LogP) is 7.72. The second kappa shape index (κ2) is 10.7. The Morgan fingerprint density at radius 2 is 0.632 bits per heavy atom. The average Bonchev–Trinajstić information content (AvgIpc) is 2.26. The van der Waals surface area contributed by atoms with E-state index in [-0.39, 0.29) is 0 Å². The van der Waals surface area contributed by atoms with E-state index in [9.17, 15) is 0 Å². The van der Waals surface area contributed by atoms with E-state index >= 15 is 0 Å². The molecule has 0 atom stereocenters. The maximum absolute atomic E-state index is 2.35. The van der Waals surface area contributed by atoms with Crippen LogP contribution in [-0.4, -0.2) is 0 Å². The summed E-state index contributed by atoms with van der Waals surface area (Å²) < 4.78 is 0. The van der Waals surface area contributed by atoms with Crippen LogP contribution in [-0.2, 0) is 0 Å². The van der Waals surface area contributed by atoms with Gasteiger partial charge in [0.1, 0.15) is 0 Å². The van der Waals surface area contributed by atoms with Crippen molar-refractivity contribution >= 4 is 0 Å². The molecule has 0 aromatic carbocycles. The molecule has 0 aromatic heterocycles. The van der Waals surface area contributed by atoms with Crippen LogP contribution in [0.4, 0.5) is 0 Å². The Morgan fingerprint density at radius 1 is 0.474 bits per heavy atom. The van der Waals surface area contributed by atoms with Gasteiger partial charge in [-0.25, -0.2) is 0 Å². The van der Waals surface area contributed by atoms with Crippen molar-refractivity contribution in [3.63, 3.8) is 0 Å². The highest BCUT2D eigenvalue weighted by molar-refractivity contribution is 4.67. The Labute approximate surface area is 125 Å². The Kier molecular flexibility index (Phi) is 13.6. The summed E-state index contributed by atoms with van der Waals surface area (Å²) in [4.78, 5) is 0. The van der Waals surface area contributed by atoms with Gasteiger partial charge in [-0.2, -0.15) is 0 Å². The van der Waals surface area contributed by atoms with Crippen molar-refractivity contribution in [1.29, 1.82) is 0 Å². The van der Waals surface area contributed by atoms with Crippen LogP contribution >= 0.6 is 0 Å². The highest BCUT2D eigenvalue weighted by Gasteiger charge is 2.15. The molecule has 0 aromatic rings.